The van der Waals surface area contributed by atoms with E-state index >= 15 is 0 Å². The summed E-state index contributed by atoms with van der Waals surface area (Å²) in [5, 5.41) is 0. The summed E-state index contributed by atoms with van der Waals surface area (Å²) in [5.41, 5.74) is 1.31. The van der Waals surface area contributed by atoms with Crippen LogP contribution in [-0.4, -0.2) is 4.98 Å². The number of hydrogen-bond acceptors (Lipinski definition) is 1. The van der Waals surface area contributed by atoms with Crippen molar-refractivity contribution in [1.29, 1.82) is 0 Å². The summed E-state index contributed by atoms with van der Waals surface area (Å²) in [6.45, 7) is 6.59. The summed E-state index contributed by atoms with van der Waals surface area (Å²) in [6, 6.07) is 3.74. The van der Waals surface area contributed by atoms with E-state index in [4.69, 9.17) is 0 Å². The van der Waals surface area contributed by atoms with Gasteiger partial charge in [0.1, 0.15) is 0 Å². The van der Waals surface area contributed by atoms with Crippen LogP contribution in [-0.2, 0) is 5.41 Å². The zero-order chi connectivity index (χ0) is 10.6. The Bertz CT molecular complexity index is 342. The summed E-state index contributed by atoms with van der Waals surface area (Å²) >= 11 is 0. The number of hydrogen-bond donors (Lipinski definition) is 1. The van der Waals surface area contributed by atoms with Gasteiger partial charge in [-0.2, -0.15) is 0 Å². The fourth-order valence-corrected chi connectivity index (χ4v) is 1.90. The Kier molecular flexibility index (Phi) is 3.50. The summed E-state index contributed by atoms with van der Waals surface area (Å²) in [4.78, 5) is 13.9. The van der Waals surface area contributed by atoms with Gasteiger partial charge in [-0.25, -0.2) is 0 Å². The molecule has 0 aliphatic rings. The van der Waals surface area contributed by atoms with Gasteiger partial charge in [-0.1, -0.05) is 27.2 Å². The molecule has 0 bridgehead atoms. The molecule has 0 fully saturated rings. The molecule has 1 aromatic rings. The van der Waals surface area contributed by atoms with Gasteiger partial charge in [-0.05, 0) is 29.9 Å². The Balaban J connectivity index is 3.05. The molecule has 2 heteroatoms. The Morgan fingerprint density at radius 3 is 2.64 bits per heavy atom. The zero-order valence-electron chi connectivity index (χ0n) is 9.26. The standard InChI is InChI=1S/C12H19NO/c1-4-7-12(3,5-2)10-6-8-13-11(14)9-10/h6,8-9H,4-5,7H2,1-3H3,(H,13,14). The molecule has 0 saturated heterocycles. The van der Waals surface area contributed by atoms with E-state index in [0.29, 0.717) is 0 Å². The second-order valence-corrected chi connectivity index (χ2v) is 4.11. The smallest absolute Gasteiger partial charge is 0.248 e. The van der Waals surface area contributed by atoms with Crippen molar-refractivity contribution in [2.24, 2.45) is 0 Å². The third kappa shape index (κ3) is 2.25. The van der Waals surface area contributed by atoms with Crippen LogP contribution < -0.4 is 5.56 Å². The molecular weight excluding hydrogens is 174 g/mol. The highest BCUT2D eigenvalue weighted by molar-refractivity contribution is 5.21. The van der Waals surface area contributed by atoms with Crippen LogP contribution >= 0.6 is 0 Å². The van der Waals surface area contributed by atoms with E-state index in [2.05, 4.69) is 25.8 Å². The molecule has 1 aromatic heterocycles. The minimum Gasteiger partial charge on any atom is -0.329 e. The van der Waals surface area contributed by atoms with E-state index in [1.54, 1.807) is 12.3 Å². The summed E-state index contributed by atoms with van der Waals surface area (Å²) < 4.78 is 0. The highest BCUT2D eigenvalue weighted by Crippen LogP contribution is 2.31. The molecule has 1 heterocycles. The van der Waals surface area contributed by atoms with Crippen molar-refractivity contribution in [3.63, 3.8) is 0 Å². The van der Waals surface area contributed by atoms with Gasteiger partial charge in [0.25, 0.3) is 0 Å². The molecule has 1 unspecified atom stereocenters. The van der Waals surface area contributed by atoms with Crippen molar-refractivity contribution in [2.75, 3.05) is 0 Å². The Hall–Kier alpha value is -1.05. The van der Waals surface area contributed by atoms with Crippen LogP contribution in [0.2, 0.25) is 0 Å². The van der Waals surface area contributed by atoms with Gasteiger partial charge < -0.3 is 4.98 Å². The van der Waals surface area contributed by atoms with Crippen molar-refractivity contribution in [2.45, 2.75) is 45.4 Å². The molecule has 0 aromatic carbocycles. The van der Waals surface area contributed by atoms with Crippen LogP contribution in [0.3, 0.4) is 0 Å². The first kappa shape index (κ1) is 11.0. The fourth-order valence-electron chi connectivity index (χ4n) is 1.90. The average molecular weight is 193 g/mol. The molecule has 0 aliphatic carbocycles. The number of H-pyrrole nitrogens is 1. The highest BCUT2D eigenvalue weighted by Gasteiger charge is 2.23. The maximum absolute atomic E-state index is 11.2. The Morgan fingerprint density at radius 2 is 2.14 bits per heavy atom. The Morgan fingerprint density at radius 1 is 1.43 bits per heavy atom. The van der Waals surface area contributed by atoms with Crippen LogP contribution in [0.4, 0.5) is 0 Å². The SMILES string of the molecule is CCCC(C)(CC)c1cc[nH]c(=O)c1. The van der Waals surface area contributed by atoms with Crippen LogP contribution in [0.15, 0.2) is 23.1 Å². The highest BCUT2D eigenvalue weighted by atomic mass is 16.1. The predicted molar refractivity (Wildman–Crippen MR) is 59.6 cm³/mol. The summed E-state index contributed by atoms with van der Waals surface area (Å²) in [7, 11) is 0. The van der Waals surface area contributed by atoms with Gasteiger partial charge >= 0.3 is 0 Å². The molecule has 0 saturated carbocycles. The molecule has 0 spiro atoms. The first-order valence-corrected chi connectivity index (χ1v) is 5.31. The monoisotopic (exact) mass is 193 g/mol. The van der Waals surface area contributed by atoms with Gasteiger partial charge in [0.15, 0.2) is 0 Å². The lowest BCUT2D eigenvalue weighted by Gasteiger charge is -2.28. The molecular formula is C12H19NO. The lowest BCUT2D eigenvalue weighted by atomic mass is 9.77. The van der Waals surface area contributed by atoms with Crippen molar-refractivity contribution in [3.05, 3.63) is 34.2 Å². The fraction of sp³-hybridized carbons (Fsp3) is 0.583. The van der Waals surface area contributed by atoms with E-state index in [9.17, 15) is 4.79 Å². The second-order valence-electron chi connectivity index (χ2n) is 4.11. The van der Waals surface area contributed by atoms with E-state index in [-0.39, 0.29) is 11.0 Å². The molecule has 2 nitrogen and oxygen atoms in total. The lowest BCUT2D eigenvalue weighted by molar-refractivity contribution is 0.413. The average Bonchev–Trinajstić information content (AvgIpc) is 2.18. The first-order chi connectivity index (χ1) is 6.62. The van der Waals surface area contributed by atoms with Crippen LogP contribution in [0, 0.1) is 0 Å². The molecule has 1 atom stereocenters. The Labute approximate surface area is 85.4 Å². The van der Waals surface area contributed by atoms with Gasteiger partial charge in [0, 0.05) is 12.3 Å². The van der Waals surface area contributed by atoms with Crippen LogP contribution in [0.25, 0.3) is 0 Å². The largest absolute Gasteiger partial charge is 0.329 e. The van der Waals surface area contributed by atoms with Gasteiger partial charge in [0.2, 0.25) is 5.56 Å². The number of rotatable bonds is 4. The van der Waals surface area contributed by atoms with Crippen LogP contribution in [0.1, 0.15) is 45.6 Å². The van der Waals surface area contributed by atoms with Crippen molar-refractivity contribution < 1.29 is 0 Å². The van der Waals surface area contributed by atoms with Crippen LogP contribution in [0.5, 0.6) is 0 Å². The number of aromatic amines is 1. The molecule has 0 aliphatic heterocycles. The molecule has 14 heavy (non-hydrogen) atoms. The predicted octanol–water partition coefficient (Wildman–Crippen LogP) is 2.84. The topological polar surface area (TPSA) is 32.9 Å². The third-order valence-corrected chi connectivity index (χ3v) is 3.05. The maximum atomic E-state index is 11.2. The van der Waals surface area contributed by atoms with Gasteiger partial charge in [-0.15, -0.1) is 0 Å². The number of pyridine rings is 1. The lowest BCUT2D eigenvalue weighted by Crippen LogP contribution is -2.22. The van der Waals surface area contributed by atoms with Crippen molar-refractivity contribution in [3.8, 4) is 0 Å². The minimum atomic E-state index is -0.00159. The molecule has 0 amide bonds. The second kappa shape index (κ2) is 4.45. The van der Waals surface area contributed by atoms with Gasteiger partial charge in [-0.3, -0.25) is 4.79 Å². The molecule has 1 rings (SSSR count). The maximum Gasteiger partial charge on any atom is 0.248 e. The quantitative estimate of drug-likeness (QED) is 0.783. The zero-order valence-corrected chi connectivity index (χ0v) is 9.26. The minimum absolute atomic E-state index is 0.00159. The third-order valence-electron chi connectivity index (χ3n) is 3.05. The molecule has 1 N–H and O–H groups in total. The number of nitrogens with one attached hydrogen (secondary N) is 1. The molecule has 78 valence electrons. The first-order valence-electron chi connectivity index (χ1n) is 5.31. The summed E-state index contributed by atoms with van der Waals surface area (Å²) in [6.07, 6.45) is 5.09. The van der Waals surface area contributed by atoms with E-state index < -0.39 is 0 Å². The number of aromatic nitrogens is 1. The van der Waals surface area contributed by atoms with E-state index in [1.165, 1.54) is 0 Å². The summed E-state index contributed by atoms with van der Waals surface area (Å²) in [5.74, 6) is 0. The normalized spacial score (nSPS) is 15.1. The van der Waals surface area contributed by atoms with E-state index in [0.717, 1.165) is 24.8 Å². The van der Waals surface area contributed by atoms with Crippen molar-refractivity contribution in [1.82, 2.24) is 4.98 Å². The van der Waals surface area contributed by atoms with Gasteiger partial charge in [0.05, 0.1) is 0 Å². The van der Waals surface area contributed by atoms with E-state index in [1.807, 2.05) is 6.07 Å². The van der Waals surface area contributed by atoms with Crippen molar-refractivity contribution >= 4 is 0 Å². The molecule has 0 radical (unpaired) electrons.